The van der Waals surface area contributed by atoms with E-state index in [2.05, 4.69) is 18.6 Å². The summed E-state index contributed by atoms with van der Waals surface area (Å²) in [5.74, 6) is 0.464. The van der Waals surface area contributed by atoms with Crippen molar-refractivity contribution in [1.29, 1.82) is 0 Å². The molecule has 0 bridgehead atoms. The number of nitrogens with two attached hydrogens (primary N) is 1. The first-order valence-corrected chi connectivity index (χ1v) is 7.93. The summed E-state index contributed by atoms with van der Waals surface area (Å²) in [7, 11) is -3.34. The van der Waals surface area contributed by atoms with Crippen molar-refractivity contribution in [3.63, 3.8) is 0 Å². The van der Waals surface area contributed by atoms with Gasteiger partial charge in [0.15, 0.2) is 0 Å². The van der Waals surface area contributed by atoms with Gasteiger partial charge >= 0.3 is 0 Å². The molecule has 1 heterocycles. The van der Waals surface area contributed by atoms with Gasteiger partial charge in [0.2, 0.25) is 10.0 Å². The molecule has 1 fully saturated rings. The number of sulfonamides is 1. The first-order valence-electron chi connectivity index (χ1n) is 5.63. The highest BCUT2D eigenvalue weighted by Gasteiger charge is 2.45. The van der Waals surface area contributed by atoms with Crippen LogP contribution in [0.25, 0.3) is 0 Å². The Hall–Kier alpha value is -0.430. The van der Waals surface area contributed by atoms with Crippen molar-refractivity contribution >= 4 is 21.4 Å². The first kappa shape index (κ1) is 13.0. The molecule has 0 aliphatic heterocycles. The minimum Gasteiger partial charge on any atom is -0.326 e. The van der Waals surface area contributed by atoms with Crippen molar-refractivity contribution in [1.82, 2.24) is 4.72 Å². The van der Waals surface area contributed by atoms with E-state index in [0.717, 1.165) is 11.3 Å². The van der Waals surface area contributed by atoms with Gasteiger partial charge in [0, 0.05) is 18.0 Å². The molecular weight excluding hydrogens is 256 g/mol. The molecule has 4 nitrogen and oxygen atoms in total. The molecular formula is C11H18N2O2S2. The summed E-state index contributed by atoms with van der Waals surface area (Å²) in [6.07, 6.45) is 1.09. The fraction of sp³-hybridized carbons (Fsp3) is 0.636. The van der Waals surface area contributed by atoms with Gasteiger partial charge in [0.05, 0.1) is 0 Å². The molecule has 96 valence electrons. The average molecular weight is 274 g/mol. The molecule has 0 spiro atoms. The molecule has 0 amide bonds. The maximum atomic E-state index is 12.0. The fourth-order valence-electron chi connectivity index (χ4n) is 1.82. The van der Waals surface area contributed by atoms with Crippen LogP contribution in [-0.4, -0.2) is 15.0 Å². The Kier molecular flexibility index (Phi) is 3.33. The lowest BCUT2D eigenvalue weighted by Gasteiger charge is -2.05. The molecule has 1 aromatic heterocycles. The van der Waals surface area contributed by atoms with Crippen LogP contribution in [0.1, 0.15) is 25.1 Å². The second-order valence-electron chi connectivity index (χ2n) is 5.17. The summed E-state index contributed by atoms with van der Waals surface area (Å²) in [6, 6.07) is 3.38. The van der Waals surface area contributed by atoms with Crippen LogP contribution >= 0.6 is 11.3 Å². The van der Waals surface area contributed by atoms with Gasteiger partial charge < -0.3 is 5.73 Å². The maximum absolute atomic E-state index is 12.0. The van der Waals surface area contributed by atoms with Crippen LogP contribution in [0.4, 0.5) is 0 Å². The van der Waals surface area contributed by atoms with E-state index in [0.29, 0.717) is 28.6 Å². The Morgan fingerprint density at radius 2 is 2.18 bits per heavy atom. The molecule has 1 saturated carbocycles. The summed E-state index contributed by atoms with van der Waals surface area (Å²) in [4.78, 5) is 0.886. The molecule has 0 radical (unpaired) electrons. The predicted molar refractivity (Wildman–Crippen MR) is 69.3 cm³/mol. The van der Waals surface area contributed by atoms with Crippen molar-refractivity contribution in [3.05, 3.63) is 17.0 Å². The van der Waals surface area contributed by atoms with Crippen LogP contribution in [-0.2, 0) is 16.6 Å². The van der Waals surface area contributed by atoms with Crippen LogP contribution in [0, 0.1) is 11.3 Å². The van der Waals surface area contributed by atoms with E-state index in [1.54, 1.807) is 12.1 Å². The van der Waals surface area contributed by atoms with E-state index in [9.17, 15) is 8.42 Å². The lowest BCUT2D eigenvalue weighted by Crippen LogP contribution is -2.26. The zero-order chi connectivity index (χ0) is 12.7. The van der Waals surface area contributed by atoms with Gasteiger partial charge in [-0.3, -0.25) is 0 Å². The van der Waals surface area contributed by atoms with Gasteiger partial charge in [-0.25, -0.2) is 13.1 Å². The molecule has 1 aliphatic rings. The van der Waals surface area contributed by atoms with E-state index in [4.69, 9.17) is 5.73 Å². The molecule has 0 aromatic carbocycles. The van der Waals surface area contributed by atoms with E-state index < -0.39 is 10.0 Å². The highest BCUT2D eigenvalue weighted by atomic mass is 32.2. The highest BCUT2D eigenvalue weighted by Crippen LogP contribution is 2.51. The van der Waals surface area contributed by atoms with Gasteiger partial charge in [0.1, 0.15) is 4.21 Å². The third-order valence-electron chi connectivity index (χ3n) is 3.34. The normalized spacial score (nSPS) is 22.6. The van der Waals surface area contributed by atoms with Crippen LogP contribution in [0.3, 0.4) is 0 Å². The van der Waals surface area contributed by atoms with E-state index in [1.165, 1.54) is 11.3 Å². The molecule has 1 unspecified atom stereocenters. The number of hydrogen-bond donors (Lipinski definition) is 2. The van der Waals surface area contributed by atoms with Crippen LogP contribution in [0.15, 0.2) is 16.3 Å². The van der Waals surface area contributed by atoms with E-state index in [-0.39, 0.29) is 0 Å². The van der Waals surface area contributed by atoms with Gasteiger partial charge in [0.25, 0.3) is 0 Å². The third-order valence-corrected chi connectivity index (χ3v) is 6.36. The lowest BCUT2D eigenvalue weighted by atomic mass is 10.1. The molecule has 1 aromatic rings. The maximum Gasteiger partial charge on any atom is 0.250 e. The fourth-order valence-corrected chi connectivity index (χ4v) is 4.18. The Bertz CT molecular complexity index is 505. The summed E-state index contributed by atoms with van der Waals surface area (Å²) < 4.78 is 27.0. The topological polar surface area (TPSA) is 72.2 Å². The van der Waals surface area contributed by atoms with Crippen molar-refractivity contribution in [2.75, 3.05) is 6.54 Å². The smallest absolute Gasteiger partial charge is 0.250 e. The largest absolute Gasteiger partial charge is 0.326 e. The molecule has 1 aliphatic carbocycles. The minimum atomic E-state index is -3.34. The first-order chi connectivity index (χ1) is 7.85. The van der Waals surface area contributed by atoms with Crippen LogP contribution in [0.5, 0.6) is 0 Å². The number of hydrogen-bond acceptors (Lipinski definition) is 4. The quantitative estimate of drug-likeness (QED) is 0.855. The van der Waals surface area contributed by atoms with Crippen LogP contribution < -0.4 is 10.5 Å². The highest BCUT2D eigenvalue weighted by molar-refractivity contribution is 7.91. The summed E-state index contributed by atoms with van der Waals surface area (Å²) >= 11 is 1.24. The van der Waals surface area contributed by atoms with Crippen molar-refractivity contribution in [3.8, 4) is 0 Å². The summed E-state index contributed by atoms with van der Waals surface area (Å²) in [5.41, 5.74) is 5.76. The number of nitrogens with one attached hydrogen (secondary N) is 1. The molecule has 17 heavy (non-hydrogen) atoms. The minimum absolute atomic E-state index is 0.292. The molecule has 3 N–H and O–H groups in total. The van der Waals surface area contributed by atoms with Gasteiger partial charge in [-0.05, 0) is 29.9 Å². The second-order valence-corrected chi connectivity index (χ2v) is 8.33. The summed E-state index contributed by atoms with van der Waals surface area (Å²) in [6.45, 7) is 5.23. The number of thiophene rings is 1. The van der Waals surface area contributed by atoms with E-state index in [1.807, 2.05) is 0 Å². The zero-order valence-electron chi connectivity index (χ0n) is 10.1. The monoisotopic (exact) mass is 274 g/mol. The predicted octanol–water partition coefficient (Wildman–Crippen LogP) is 1.53. The zero-order valence-corrected chi connectivity index (χ0v) is 11.7. The number of rotatable bonds is 5. The average Bonchev–Trinajstić information content (AvgIpc) is 2.68. The van der Waals surface area contributed by atoms with Crippen molar-refractivity contribution in [2.24, 2.45) is 17.1 Å². The molecule has 6 heteroatoms. The van der Waals surface area contributed by atoms with E-state index >= 15 is 0 Å². The van der Waals surface area contributed by atoms with Crippen molar-refractivity contribution in [2.45, 2.75) is 31.0 Å². The Labute approximate surface area is 106 Å². The molecule has 1 atom stereocenters. The Morgan fingerprint density at radius 3 is 2.65 bits per heavy atom. The molecule has 2 rings (SSSR count). The van der Waals surface area contributed by atoms with Crippen molar-refractivity contribution < 1.29 is 8.42 Å². The van der Waals surface area contributed by atoms with Gasteiger partial charge in [-0.1, -0.05) is 13.8 Å². The lowest BCUT2D eigenvalue weighted by molar-refractivity contribution is 0.538. The third kappa shape index (κ3) is 2.88. The SMILES string of the molecule is CC1(C)CC1CNS(=O)(=O)c1ccc(CN)s1. The standard InChI is InChI=1S/C11H18N2O2S2/c1-11(2)5-8(11)7-13-17(14,15)10-4-3-9(6-12)16-10/h3-4,8,13H,5-7,12H2,1-2H3. The Morgan fingerprint density at radius 1 is 1.53 bits per heavy atom. The molecule has 0 saturated heterocycles. The van der Waals surface area contributed by atoms with Gasteiger partial charge in [-0.15, -0.1) is 11.3 Å². The van der Waals surface area contributed by atoms with Gasteiger partial charge in [-0.2, -0.15) is 0 Å². The Balaban J connectivity index is 1.99. The second kappa shape index (κ2) is 4.35. The van der Waals surface area contributed by atoms with Crippen LogP contribution in [0.2, 0.25) is 0 Å². The summed E-state index contributed by atoms with van der Waals surface area (Å²) in [5, 5.41) is 0.